The molecule has 2 atom stereocenters. The lowest BCUT2D eigenvalue weighted by atomic mass is 10.0. The minimum absolute atomic E-state index is 0.255. The maximum atomic E-state index is 5.82. The molecule has 78 valence electrons. The van der Waals surface area contributed by atoms with Crippen LogP contribution in [0.5, 0.6) is 0 Å². The Bertz CT molecular complexity index is 297. The molecular formula is C11H17NOS. The Hall–Kier alpha value is -0.380. The van der Waals surface area contributed by atoms with Gasteiger partial charge in [-0.3, -0.25) is 0 Å². The van der Waals surface area contributed by atoms with Gasteiger partial charge in [0.2, 0.25) is 0 Å². The Morgan fingerprint density at radius 3 is 3.36 bits per heavy atom. The van der Waals surface area contributed by atoms with Gasteiger partial charge in [0.1, 0.15) is 0 Å². The van der Waals surface area contributed by atoms with E-state index in [-0.39, 0.29) is 6.10 Å². The molecule has 2 nitrogen and oxygen atoms in total. The zero-order valence-electron chi connectivity index (χ0n) is 8.75. The summed E-state index contributed by atoms with van der Waals surface area (Å²) in [6, 6.07) is 2.62. The summed E-state index contributed by atoms with van der Waals surface area (Å²) < 4.78 is 5.82. The Morgan fingerprint density at radius 1 is 1.71 bits per heavy atom. The van der Waals surface area contributed by atoms with Gasteiger partial charge in [0.05, 0.1) is 12.7 Å². The third kappa shape index (κ3) is 1.85. The number of likely N-dealkylation sites (N-methyl/N-ethyl adjacent to an activating group) is 1. The van der Waals surface area contributed by atoms with Crippen molar-refractivity contribution < 1.29 is 4.74 Å². The minimum Gasteiger partial charge on any atom is -0.371 e. The van der Waals surface area contributed by atoms with Crippen molar-refractivity contribution in [3.63, 3.8) is 0 Å². The van der Waals surface area contributed by atoms with E-state index in [0.717, 1.165) is 19.6 Å². The van der Waals surface area contributed by atoms with E-state index in [1.165, 1.54) is 10.4 Å². The van der Waals surface area contributed by atoms with Crippen LogP contribution in [0.2, 0.25) is 0 Å². The van der Waals surface area contributed by atoms with Crippen LogP contribution >= 0.6 is 11.3 Å². The van der Waals surface area contributed by atoms with Crippen molar-refractivity contribution in [1.29, 1.82) is 0 Å². The van der Waals surface area contributed by atoms with Crippen LogP contribution in [0.1, 0.15) is 30.4 Å². The molecule has 1 aliphatic rings. The number of ether oxygens (including phenoxy) is 1. The third-order valence-corrected chi connectivity index (χ3v) is 3.69. The number of rotatable bonds is 3. The Kier molecular flexibility index (Phi) is 3.21. The van der Waals surface area contributed by atoms with E-state index in [1.54, 1.807) is 0 Å². The second-order valence-electron chi connectivity index (χ2n) is 3.69. The number of nitrogens with one attached hydrogen (secondary N) is 1. The quantitative estimate of drug-likeness (QED) is 0.828. The topological polar surface area (TPSA) is 21.3 Å². The summed E-state index contributed by atoms with van der Waals surface area (Å²) in [6.45, 7) is 6.20. The highest BCUT2D eigenvalue weighted by atomic mass is 32.1. The van der Waals surface area contributed by atoms with Crippen molar-refractivity contribution in [2.75, 3.05) is 13.2 Å². The van der Waals surface area contributed by atoms with Gasteiger partial charge in [-0.2, -0.15) is 0 Å². The van der Waals surface area contributed by atoms with Gasteiger partial charge < -0.3 is 10.1 Å². The summed E-state index contributed by atoms with van der Waals surface area (Å²) in [5, 5.41) is 5.60. The highest BCUT2D eigenvalue weighted by molar-refractivity contribution is 7.10. The van der Waals surface area contributed by atoms with Gasteiger partial charge in [-0.1, -0.05) is 6.92 Å². The molecule has 2 heterocycles. The van der Waals surface area contributed by atoms with Gasteiger partial charge in [0.25, 0.3) is 0 Å². The molecule has 0 spiro atoms. The minimum atomic E-state index is 0.255. The van der Waals surface area contributed by atoms with E-state index in [0.29, 0.717) is 6.04 Å². The van der Waals surface area contributed by atoms with Gasteiger partial charge in [-0.05, 0) is 30.5 Å². The molecule has 0 amide bonds. The zero-order chi connectivity index (χ0) is 9.97. The molecule has 0 radical (unpaired) electrons. The van der Waals surface area contributed by atoms with Crippen LogP contribution in [0.15, 0.2) is 11.4 Å². The van der Waals surface area contributed by atoms with Crippen LogP contribution in [0.25, 0.3) is 0 Å². The molecule has 0 fully saturated rings. The van der Waals surface area contributed by atoms with Gasteiger partial charge in [-0.25, -0.2) is 0 Å². The monoisotopic (exact) mass is 211 g/mol. The third-order valence-electron chi connectivity index (χ3n) is 2.69. The predicted octanol–water partition coefficient (Wildman–Crippen LogP) is 2.36. The zero-order valence-corrected chi connectivity index (χ0v) is 9.56. The van der Waals surface area contributed by atoms with Crippen LogP contribution in [0.3, 0.4) is 0 Å². The van der Waals surface area contributed by atoms with Crippen molar-refractivity contribution in [2.24, 2.45) is 0 Å². The summed E-state index contributed by atoms with van der Waals surface area (Å²) in [5.41, 5.74) is 1.40. The molecule has 1 aromatic heterocycles. The van der Waals surface area contributed by atoms with Crippen LogP contribution in [-0.4, -0.2) is 19.2 Å². The first kappa shape index (κ1) is 10.1. The molecule has 1 aliphatic heterocycles. The van der Waals surface area contributed by atoms with E-state index in [4.69, 9.17) is 4.74 Å². The lowest BCUT2D eigenvalue weighted by Gasteiger charge is -2.29. The van der Waals surface area contributed by atoms with Crippen molar-refractivity contribution in [3.8, 4) is 0 Å². The molecule has 2 rings (SSSR count). The van der Waals surface area contributed by atoms with Gasteiger partial charge >= 0.3 is 0 Å². The van der Waals surface area contributed by atoms with Crippen molar-refractivity contribution in [1.82, 2.24) is 5.32 Å². The SMILES string of the molecule is CCNC(C)C1OCCc2sccc21. The molecule has 3 heteroatoms. The van der Waals surface area contributed by atoms with E-state index in [1.807, 2.05) is 11.3 Å². The highest BCUT2D eigenvalue weighted by Gasteiger charge is 2.26. The van der Waals surface area contributed by atoms with Gasteiger partial charge in [0, 0.05) is 17.3 Å². The lowest BCUT2D eigenvalue weighted by molar-refractivity contribution is 0.0213. The first-order chi connectivity index (χ1) is 6.83. The van der Waals surface area contributed by atoms with Crippen LogP contribution in [0, 0.1) is 0 Å². The normalized spacial score (nSPS) is 23.1. The van der Waals surface area contributed by atoms with Crippen LogP contribution in [0.4, 0.5) is 0 Å². The van der Waals surface area contributed by atoms with E-state index >= 15 is 0 Å². The first-order valence-corrected chi connectivity index (χ1v) is 6.12. The standard InChI is InChI=1S/C11H17NOS/c1-3-12-8(2)11-9-5-7-14-10(9)4-6-13-11/h5,7-8,11-12H,3-4,6H2,1-2H3. The van der Waals surface area contributed by atoms with Crippen LogP contribution in [-0.2, 0) is 11.2 Å². The molecule has 0 saturated heterocycles. The largest absolute Gasteiger partial charge is 0.371 e. The number of hydrogen-bond acceptors (Lipinski definition) is 3. The molecule has 1 aromatic rings. The van der Waals surface area contributed by atoms with E-state index in [2.05, 4.69) is 30.6 Å². The fourth-order valence-corrected chi connectivity index (χ4v) is 2.92. The Labute approximate surface area is 89.3 Å². The summed E-state index contributed by atoms with van der Waals surface area (Å²) >= 11 is 1.86. The van der Waals surface area contributed by atoms with Crippen LogP contribution < -0.4 is 5.32 Å². The lowest BCUT2D eigenvalue weighted by Crippen LogP contribution is -2.35. The molecule has 1 N–H and O–H groups in total. The average Bonchev–Trinajstić information content (AvgIpc) is 2.65. The molecule has 0 aliphatic carbocycles. The maximum absolute atomic E-state index is 5.82. The smallest absolute Gasteiger partial charge is 0.0985 e. The molecule has 14 heavy (non-hydrogen) atoms. The molecular weight excluding hydrogens is 194 g/mol. The second-order valence-corrected chi connectivity index (χ2v) is 4.69. The Morgan fingerprint density at radius 2 is 2.57 bits per heavy atom. The average molecular weight is 211 g/mol. The summed E-state index contributed by atoms with van der Waals surface area (Å²) in [6.07, 6.45) is 1.34. The number of fused-ring (bicyclic) bond motifs is 1. The van der Waals surface area contributed by atoms with Crippen molar-refractivity contribution in [3.05, 3.63) is 21.9 Å². The fraction of sp³-hybridized carbons (Fsp3) is 0.636. The van der Waals surface area contributed by atoms with Crippen molar-refractivity contribution >= 4 is 11.3 Å². The highest BCUT2D eigenvalue weighted by Crippen LogP contribution is 2.32. The maximum Gasteiger partial charge on any atom is 0.0985 e. The summed E-state index contributed by atoms with van der Waals surface area (Å²) in [7, 11) is 0. The molecule has 0 saturated carbocycles. The molecule has 2 unspecified atom stereocenters. The van der Waals surface area contributed by atoms with Gasteiger partial charge in [0.15, 0.2) is 0 Å². The first-order valence-electron chi connectivity index (χ1n) is 5.24. The molecule has 0 bridgehead atoms. The molecule has 0 aromatic carbocycles. The second kappa shape index (κ2) is 4.43. The number of hydrogen-bond donors (Lipinski definition) is 1. The van der Waals surface area contributed by atoms with Gasteiger partial charge in [-0.15, -0.1) is 11.3 Å². The van der Waals surface area contributed by atoms with E-state index < -0.39 is 0 Å². The van der Waals surface area contributed by atoms with E-state index in [9.17, 15) is 0 Å². The fourth-order valence-electron chi connectivity index (χ4n) is 2.02. The Balaban J connectivity index is 2.15. The summed E-state index contributed by atoms with van der Waals surface area (Å²) in [5.74, 6) is 0. The predicted molar refractivity (Wildman–Crippen MR) is 59.9 cm³/mol. The number of thiophene rings is 1. The summed E-state index contributed by atoms with van der Waals surface area (Å²) in [4.78, 5) is 1.51. The van der Waals surface area contributed by atoms with Crippen molar-refractivity contribution in [2.45, 2.75) is 32.4 Å².